The van der Waals surface area contributed by atoms with E-state index >= 15 is 0 Å². The quantitative estimate of drug-likeness (QED) is 0.858. The largest absolute Gasteiger partial charge is 0.384 e. The number of rotatable bonds is 5. The third-order valence-electron chi connectivity index (χ3n) is 5.37. The van der Waals surface area contributed by atoms with Gasteiger partial charge in [0, 0.05) is 18.2 Å². The molecule has 2 aliphatic rings. The van der Waals surface area contributed by atoms with Crippen LogP contribution >= 0.6 is 0 Å². The Kier molecular flexibility index (Phi) is 5.18. The Hall–Kier alpha value is -1.02. The standard InChI is InChI=1S/C19H30N2/c1-2-6-16-7-5-12-21(13-10-16)14-11-17-15-20-19-9-4-3-8-18(17)19/h3-4,8-9,16-17,20H,2,5-7,10-15H2,1H3. The van der Waals surface area contributed by atoms with Gasteiger partial charge in [-0.1, -0.05) is 38.0 Å². The number of hydrogen-bond donors (Lipinski definition) is 1. The highest BCUT2D eigenvalue weighted by Crippen LogP contribution is 2.33. The molecule has 1 aromatic carbocycles. The number of para-hydroxylation sites is 1. The summed E-state index contributed by atoms with van der Waals surface area (Å²) in [5, 5.41) is 3.56. The van der Waals surface area contributed by atoms with E-state index in [4.69, 9.17) is 0 Å². The van der Waals surface area contributed by atoms with Gasteiger partial charge in [-0.05, 0) is 62.9 Å². The predicted molar refractivity (Wildman–Crippen MR) is 91.0 cm³/mol. The normalized spacial score (nSPS) is 26.1. The molecule has 2 heterocycles. The van der Waals surface area contributed by atoms with Gasteiger partial charge >= 0.3 is 0 Å². The number of benzene rings is 1. The summed E-state index contributed by atoms with van der Waals surface area (Å²) >= 11 is 0. The molecule has 2 nitrogen and oxygen atoms in total. The molecule has 21 heavy (non-hydrogen) atoms. The van der Waals surface area contributed by atoms with Gasteiger partial charge in [0.25, 0.3) is 0 Å². The van der Waals surface area contributed by atoms with Crippen molar-refractivity contribution in [3.05, 3.63) is 29.8 Å². The smallest absolute Gasteiger partial charge is 0.0376 e. The fourth-order valence-corrected chi connectivity index (χ4v) is 4.10. The van der Waals surface area contributed by atoms with Crippen LogP contribution < -0.4 is 5.32 Å². The molecule has 0 bridgehead atoms. The van der Waals surface area contributed by atoms with Crippen LogP contribution in [-0.2, 0) is 0 Å². The second-order valence-corrected chi connectivity index (χ2v) is 6.88. The molecule has 1 aromatic rings. The zero-order valence-corrected chi connectivity index (χ0v) is 13.5. The third-order valence-corrected chi connectivity index (χ3v) is 5.37. The minimum Gasteiger partial charge on any atom is -0.384 e. The fraction of sp³-hybridized carbons (Fsp3) is 0.684. The Morgan fingerprint density at radius 2 is 2.05 bits per heavy atom. The maximum atomic E-state index is 3.56. The highest BCUT2D eigenvalue weighted by Gasteiger charge is 2.23. The van der Waals surface area contributed by atoms with Gasteiger partial charge in [0.15, 0.2) is 0 Å². The van der Waals surface area contributed by atoms with E-state index in [2.05, 4.69) is 41.4 Å². The highest BCUT2D eigenvalue weighted by atomic mass is 15.1. The Labute approximate surface area is 129 Å². The first kappa shape index (κ1) is 14.9. The average molecular weight is 286 g/mol. The van der Waals surface area contributed by atoms with E-state index in [-0.39, 0.29) is 0 Å². The van der Waals surface area contributed by atoms with Crippen molar-refractivity contribution >= 4 is 5.69 Å². The van der Waals surface area contributed by atoms with E-state index in [1.807, 2.05) is 0 Å². The molecule has 2 aliphatic heterocycles. The van der Waals surface area contributed by atoms with Gasteiger partial charge in [-0.2, -0.15) is 0 Å². The predicted octanol–water partition coefficient (Wildman–Crippen LogP) is 4.49. The molecule has 0 amide bonds. The molecule has 116 valence electrons. The van der Waals surface area contributed by atoms with Gasteiger partial charge in [0.05, 0.1) is 0 Å². The van der Waals surface area contributed by atoms with E-state index in [0.717, 1.165) is 18.4 Å². The lowest BCUT2D eigenvalue weighted by molar-refractivity contribution is 0.270. The monoisotopic (exact) mass is 286 g/mol. The topological polar surface area (TPSA) is 15.3 Å². The zero-order valence-electron chi connectivity index (χ0n) is 13.5. The maximum Gasteiger partial charge on any atom is 0.0376 e. The summed E-state index contributed by atoms with van der Waals surface area (Å²) in [5.41, 5.74) is 2.90. The van der Waals surface area contributed by atoms with Crippen molar-refractivity contribution in [1.29, 1.82) is 0 Å². The van der Waals surface area contributed by atoms with Crippen molar-refractivity contribution in [3.63, 3.8) is 0 Å². The fourth-order valence-electron chi connectivity index (χ4n) is 4.10. The summed E-state index contributed by atoms with van der Waals surface area (Å²) in [6, 6.07) is 8.84. The van der Waals surface area contributed by atoms with Crippen molar-refractivity contribution in [3.8, 4) is 0 Å². The first-order valence-electron chi connectivity index (χ1n) is 8.92. The SMILES string of the molecule is CCCC1CCCN(CCC2CNc3ccccc32)CC1. The number of nitrogens with zero attached hydrogens (tertiary/aromatic N) is 1. The first-order chi connectivity index (χ1) is 10.4. The maximum absolute atomic E-state index is 3.56. The van der Waals surface area contributed by atoms with E-state index in [1.54, 1.807) is 0 Å². The van der Waals surface area contributed by atoms with Crippen molar-refractivity contribution in [1.82, 2.24) is 4.90 Å². The van der Waals surface area contributed by atoms with Crippen LogP contribution in [0.4, 0.5) is 5.69 Å². The Morgan fingerprint density at radius 3 is 2.95 bits per heavy atom. The van der Waals surface area contributed by atoms with E-state index < -0.39 is 0 Å². The van der Waals surface area contributed by atoms with Gasteiger partial charge in [-0.3, -0.25) is 0 Å². The van der Waals surface area contributed by atoms with E-state index in [9.17, 15) is 0 Å². The third kappa shape index (κ3) is 3.79. The van der Waals surface area contributed by atoms with Crippen LogP contribution in [0.2, 0.25) is 0 Å². The number of likely N-dealkylation sites (tertiary alicyclic amines) is 1. The summed E-state index contributed by atoms with van der Waals surface area (Å²) in [6.45, 7) is 7.38. The number of fused-ring (bicyclic) bond motifs is 1. The molecule has 0 spiro atoms. The molecule has 1 N–H and O–H groups in total. The van der Waals surface area contributed by atoms with Crippen LogP contribution in [0.25, 0.3) is 0 Å². The lowest BCUT2D eigenvalue weighted by Gasteiger charge is -2.22. The van der Waals surface area contributed by atoms with Crippen molar-refractivity contribution in [2.45, 2.75) is 51.4 Å². The van der Waals surface area contributed by atoms with Gasteiger partial charge in [0.1, 0.15) is 0 Å². The molecular weight excluding hydrogens is 256 g/mol. The van der Waals surface area contributed by atoms with E-state index in [1.165, 1.54) is 69.4 Å². The number of hydrogen-bond acceptors (Lipinski definition) is 2. The van der Waals surface area contributed by atoms with Crippen molar-refractivity contribution in [2.24, 2.45) is 5.92 Å². The highest BCUT2D eigenvalue weighted by molar-refractivity contribution is 5.57. The van der Waals surface area contributed by atoms with Crippen molar-refractivity contribution in [2.75, 3.05) is 31.5 Å². The average Bonchev–Trinajstić information content (AvgIpc) is 2.79. The first-order valence-corrected chi connectivity index (χ1v) is 8.92. The molecule has 1 saturated heterocycles. The molecule has 0 aromatic heterocycles. The summed E-state index contributed by atoms with van der Waals surface area (Å²) in [7, 11) is 0. The lowest BCUT2D eigenvalue weighted by atomic mass is 9.96. The molecule has 2 unspecified atom stereocenters. The van der Waals surface area contributed by atoms with Crippen LogP contribution in [0.15, 0.2) is 24.3 Å². The second kappa shape index (κ2) is 7.31. The van der Waals surface area contributed by atoms with Crippen LogP contribution in [0.3, 0.4) is 0 Å². The van der Waals surface area contributed by atoms with Crippen LogP contribution in [-0.4, -0.2) is 31.1 Å². The molecule has 0 aliphatic carbocycles. The molecule has 3 rings (SSSR count). The molecule has 2 atom stereocenters. The Bertz CT molecular complexity index is 443. The summed E-state index contributed by atoms with van der Waals surface area (Å²) in [5.74, 6) is 1.71. The van der Waals surface area contributed by atoms with Gasteiger partial charge < -0.3 is 10.2 Å². The lowest BCUT2D eigenvalue weighted by Crippen LogP contribution is -2.27. The Balaban J connectivity index is 1.48. The molecule has 2 heteroatoms. The zero-order chi connectivity index (χ0) is 14.5. The minimum atomic E-state index is 0.718. The van der Waals surface area contributed by atoms with Crippen LogP contribution in [0.1, 0.15) is 56.9 Å². The molecule has 0 radical (unpaired) electrons. The molecule has 0 saturated carbocycles. The van der Waals surface area contributed by atoms with Crippen molar-refractivity contribution < 1.29 is 0 Å². The van der Waals surface area contributed by atoms with Gasteiger partial charge in [-0.25, -0.2) is 0 Å². The minimum absolute atomic E-state index is 0.718. The summed E-state index contributed by atoms with van der Waals surface area (Å²) in [6.07, 6.45) is 8.39. The molecular formula is C19H30N2. The Morgan fingerprint density at radius 1 is 1.14 bits per heavy atom. The number of nitrogens with one attached hydrogen (secondary N) is 1. The number of anilines is 1. The van der Waals surface area contributed by atoms with Gasteiger partial charge in [-0.15, -0.1) is 0 Å². The van der Waals surface area contributed by atoms with Crippen LogP contribution in [0.5, 0.6) is 0 Å². The molecule has 1 fully saturated rings. The van der Waals surface area contributed by atoms with Gasteiger partial charge in [0.2, 0.25) is 0 Å². The summed E-state index contributed by atoms with van der Waals surface area (Å²) in [4.78, 5) is 2.72. The van der Waals surface area contributed by atoms with Crippen LogP contribution in [0, 0.1) is 5.92 Å². The second-order valence-electron chi connectivity index (χ2n) is 6.88. The van der Waals surface area contributed by atoms with E-state index in [0.29, 0.717) is 0 Å². The summed E-state index contributed by atoms with van der Waals surface area (Å²) < 4.78 is 0.